The molecular weight excluding hydrogens is 236 g/mol. The first kappa shape index (κ1) is 13.1. The minimum Gasteiger partial charge on any atom is -0.393 e. The van der Waals surface area contributed by atoms with Crippen molar-refractivity contribution in [3.05, 3.63) is 35.9 Å². The van der Waals surface area contributed by atoms with E-state index in [2.05, 4.69) is 24.3 Å². The SMILES string of the molecule is OC(CCc1ccccc1)C1CCOC2(CCC2)C1. The molecule has 19 heavy (non-hydrogen) atoms. The number of benzene rings is 1. The van der Waals surface area contributed by atoms with Gasteiger partial charge in [-0.2, -0.15) is 0 Å². The van der Waals surface area contributed by atoms with Gasteiger partial charge in [-0.3, -0.25) is 0 Å². The van der Waals surface area contributed by atoms with Crippen LogP contribution in [-0.4, -0.2) is 23.4 Å². The molecule has 2 fully saturated rings. The fourth-order valence-electron chi connectivity index (χ4n) is 3.51. The summed E-state index contributed by atoms with van der Waals surface area (Å²) in [6.07, 6.45) is 7.50. The standard InChI is InChI=1S/C17H24O2/c18-16(8-7-14-5-2-1-3-6-14)15-9-12-19-17(13-15)10-4-11-17/h1-3,5-6,15-16,18H,4,7-13H2. The van der Waals surface area contributed by atoms with Crippen LogP contribution in [0.5, 0.6) is 0 Å². The molecule has 0 amide bonds. The van der Waals surface area contributed by atoms with E-state index in [9.17, 15) is 5.11 Å². The zero-order valence-electron chi connectivity index (χ0n) is 11.6. The molecule has 1 saturated heterocycles. The Labute approximate surface area is 115 Å². The molecule has 2 atom stereocenters. The Hall–Kier alpha value is -0.860. The lowest BCUT2D eigenvalue weighted by Gasteiger charge is -2.48. The first-order chi connectivity index (χ1) is 9.27. The number of ether oxygens (including phenoxy) is 1. The van der Waals surface area contributed by atoms with Gasteiger partial charge in [-0.25, -0.2) is 0 Å². The van der Waals surface area contributed by atoms with Gasteiger partial charge in [-0.1, -0.05) is 30.3 Å². The lowest BCUT2D eigenvalue weighted by atomic mass is 9.70. The van der Waals surface area contributed by atoms with Crippen LogP contribution in [0.3, 0.4) is 0 Å². The monoisotopic (exact) mass is 260 g/mol. The zero-order chi connectivity index (χ0) is 13.1. The molecule has 1 aliphatic carbocycles. The quantitative estimate of drug-likeness (QED) is 0.899. The Morgan fingerprint density at radius 1 is 1.26 bits per heavy atom. The zero-order valence-corrected chi connectivity index (χ0v) is 11.6. The Balaban J connectivity index is 1.51. The van der Waals surface area contributed by atoms with Crippen molar-refractivity contribution >= 4 is 0 Å². The normalized spacial score (nSPS) is 26.9. The van der Waals surface area contributed by atoms with Gasteiger partial charge >= 0.3 is 0 Å². The summed E-state index contributed by atoms with van der Waals surface area (Å²) < 4.78 is 5.93. The molecule has 2 heteroatoms. The van der Waals surface area contributed by atoms with Gasteiger partial charge in [0.1, 0.15) is 0 Å². The minimum atomic E-state index is -0.165. The van der Waals surface area contributed by atoms with Crippen molar-refractivity contribution in [2.24, 2.45) is 5.92 Å². The average molecular weight is 260 g/mol. The Morgan fingerprint density at radius 2 is 2.05 bits per heavy atom. The molecule has 0 radical (unpaired) electrons. The maximum absolute atomic E-state index is 10.4. The van der Waals surface area contributed by atoms with Crippen LogP contribution in [-0.2, 0) is 11.2 Å². The second-order valence-corrected chi connectivity index (χ2v) is 6.23. The number of aryl methyl sites for hydroxylation is 1. The first-order valence-corrected chi connectivity index (χ1v) is 7.63. The highest BCUT2D eigenvalue weighted by Crippen LogP contribution is 2.45. The summed E-state index contributed by atoms with van der Waals surface area (Å²) in [7, 11) is 0. The number of aliphatic hydroxyl groups is 1. The Morgan fingerprint density at radius 3 is 2.74 bits per heavy atom. The van der Waals surface area contributed by atoms with Crippen LogP contribution in [0.2, 0.25) is 0 Å². The predicted molar refractivity (Wildman–Crippen MR) is 76.0 cm³/mol. The van der Waals surface area contributed by atoms with E-state index in [-0.39, 0.29) is 11.7 Å². The fourth-order valence-corrected chi connectivity index (χ4v) is 3.51. The van der Waals surface area contributed by atoms with E-state index in [1.54, 1.807) is 0 Å². The molecule has 3 rings (SSSR count). The van der Waals surface area contributed by atoms with E-state index in [0.717, 1.165) is 32.3 Å². The molecule has 1 N–H and O–H groups in total. The third-order valence-corrected chi connectivity index (χ3v) is 4.91. The van der Waals surface area contributed by atoms with Crippen molar-refractivity contribution in [1.29, 1.82) is 0 Å². The second kappa shape index (κ2) is 5.64. The third-order valence-electron chi connectivity index (χ3n) is 4.91. The van der Waals surface area contributed by atoms with Gasteiger partial charge in [0.15, 0.2) is 0 Å². The smallest absolute Gasteiger partial charge is 0.0686 e. The van der Waals surface area contributed by atoms with Crippen LogP contribution >= 0.6 is 0 Å². The molecule has 0 bridgehead atoms. The highest BCUT2D eigenvalue weighted by molar-refractivity contribution is 5.14. The molecule has 2 nitrogen and oxygen atoms in total. The molecule has 1 heterocycles. The molecular formula is C17H24O2. The second-order valence-electron chi connectivity index (χ2n) is 6.23. The summed E-state index contributed by atoms with van der Waals surface area (Å²) in [5.74, 6) is 0.442. The molecule has 2 aliphatic rings. The maximum Gasteiger partial charge on any atom is 0.0686 e. The summed E-state index contributed by atoms with van der Waals surface area (Å²) in [6.45, 7) is 0.840. The highest BCUT2D eigenvalue weighted by Gasteiger charge is 2.43. The van der Waals surface area contributed by atoms with Crippen molar-refractivity contribution < 1.29 is 9.84 Å². The number of aliphatic hydroxyl groups excluding tert-OH is 1. The van der Waals surface area contributed by atoms with E-state index in [1.165, 1.54) is 24.8 Å². The van der Waals surface area contributed by atoms with Gasteiger partial charge in [-0.05, 0) is 56.4 Å². The molecule has 104 valence electrons. The number of hydrogen-bond donors (Lipinski definition) is 1. The van der Waals surface area contributed by atoms with Gasteiger partial charge < -0.3 is 9.84 Å². The Kier molecular flexibility index (Phi) is 3.90. The van der Waals surface area contributed by atoms with E-state index in [4.69, 9.17) is 4.74 Å². The van der Waals surface area contributed by atoms with Crippen LogP contribution < -0.4 is 0 Å². The summed E-state index contributed by atoms with van der Waals surface area (Å²) in [4.78, 5) is 0. The molecule has 1 aromatic rings. The third kappa shape index (κ3) is 3.01. The van der Waals surface area contributed by atoms with Crippen molar-refractivity contribution in [3.8, 4) is 0 Å². The Bertz CT molecular complexity index is 397. The summed E-state index contributed by atoms with van der Waals surface area (Å²) in [5, 5.41) is 10.4. The largest absolute Gasteiger partial charge is 0.393 e. The van der Waals surface area contributed by atoms with E-state index in [1.807, 2.05) is 6.07 Å². The van der Waals surface area contributed by atoms with E-state index >= 15 is 0 Å². The van der Waals surface area contributed by atoms with Crippen molar-refractivity contribution in [1.82, 2.24) is 0 Å². The molecule has 1 spiro atoms. The summed E-state index contributed by atoms with van der Waals surface area (Å²) in [6, 6.07) is 10.5. The molecule has 1 aromatic carbocycles. The van der Waals surface area contributed by atoms with Gasteiger partial charge in [0, 0.05) is 6.61 Å². The van der Waals surface area contributed by atoms with Crippen molar-refractivity contribution in [3.63, 3.8) is 0 Å². The lowest BCUT2D eigenvalue weighted by molar-refractivity contribution is -0.157. The van der Waals surface area contributed by atoms with Crippen LogP contribution in [0.25, 0.3) is 0 Å². The molecule has 1 saturated carbocycles. The van der Waals surface area contributed by atoms with Crippen molar-refractivity contribution in [2.45, 2.75) is 56.7 Å². The van der Waals surface area contributed by atoms with E-state index < -0.39 is 0 Å². The predicted octanol–water partition coefficient (Wildman–Crippen LogP) is 3.33. The van der Waals surface area contributed by atoms with Crippen LogP contribution in [0.1, 0.15) is 44.1 Å². The van der Waals surface area contributed by atoms with Crippen LogP contribution in [0, 0.1) is 5.92 Å². The fraction of sp³-hybridized carbons (Fsp3) is 0.647. The van der Waals surface area contributed by atoms with Crippen LogP contribution in [0.4, 0.5) is 0 Å². The summed E-state index contributed by atoms with van der Waals surface area (Å²) in [5.41, 5.74) is 1.48. The van der Waals surface area contributed by atoms with E-state index in [0.29, 0.717) is 5.92 Å². The molecule has 1 aliphatic heterocycles. The van der Waals surface area contributed by atoms with Gasteiger partial charge in [0.05, 0.1) is 11.7 Å². The highest BCUT2D eigenvalue weighted by atomic mass is 16.5. The summed E-state index contributed by atoms with van der Waals surface area (Å²) >= 11 is 0. The number of hydrogen-bond acceptors (Lipinski definition) is 2. The average Bonchev–Trinajstić information content (AvgIpc) is 2.44. The number of rotatable bonds is 4. The lowest BCUT2D eigenvalue weighted by Crippen LogP contribution is -2.47. The van der Waals surface area contributed by atoms with Gasteiger partial charge in [-0.15, -0.1) is 0 Å². The van der Waals surface area contributed by atoms with Crippen LogP contribution in [0.15, 0.2) is 30.3 Å². The van der Waals surface area contributed by atoms with Gasteiger partial charge in [0.25, 0.3) is 0 Å². The topological polar surface area (TPSA) is 29.5 Å². The molecule has 0 aromatic heterocycles. The van der Waals surface area contributed by atoms with Gasteiger partial charge in [0.2, 0.25) is 0 Å². The molecule has 2 unspecified atom stereocenters. The maximum atomic E-state index is 10.4. The first-order valence-electron chi connectivity index (χ1n) is 7.63. The van der Waals surface area contributed by atoms with Crippen molar-refractivity contribution in [2.75, 3.05) is 6.61 Å². The minimum absolute atomic E-state index is 0.149.